The smallest absolute Gasteiger partial charge is 0.263 e. The third kappa shape index (κ3) is 4.70. The molecule has 0 saturated heterocycles. The maximum atomic E-state index is 12.6. The zero-order valence-corrected chi connectivity index (χ0v) is 17.1. The normalized spacial score (nSPS) is 10.6. The Morgan fingerprint density at radius 2 is 1.80 bits per heavy atom. The fraction of sp³-hybridized carbons (Fsp3) is 0.0833. The maximum absolute atomic E-state index is 12.6. The van der Waals surface area contributed by atoms with Crippen LogP contribution in [0.15, 0.2) is 84.9 Å². The average Bonchev–Trinajstić information content (AvgIpc) is 3.17. The predicted octanol–water partition coefficient (Wildman–Crippen LogP) is 5.52. The van der Waals surface area contributed by atoms with E-state index in [1.165, 1.54) is 0 Å². The zero-order valence-electron chi connectivity index (χ0n) is 16.4. The Morgan fingerprint density at radius 1 is 1.00 bits per heavy atom. The first-order chi connectivity index (χ1) is 14.6. The van der Waals surface area contributed by atoms with Gasteiger partial charge < -0.3 is 10.1 Å². The number of halogens is 1. The second-order valence-corrected chi connectivity index (χ2v) is 7.26. The molecule has 0 saturated carbocycles. The molecular weight excluding hydrogens is 398 g/mol. The van der Waals surface area contributed by atoms with E-state index >= 15 is 0 Å². The van der Waals surface area contributed by atoms with Crippen molar-refractivity contribution >= 4 is 23.3 Å². The highest BCUT2D eigenvalue weighted by Crippen LogP contribution is 2.26. The van der Waals surface area contributed by atoms with Crippen molar-refractivity contribution in [1.29, 1.82) is 0 Å². The van der Waals surface area contributed by atoms with E-state index in [2.05, 4.69) is 10.4 Å². The minimum Gasteiger partial charge on any atom is -0.484 e. The molecular formula is C24H20ClN3O2. The van der Waals surface area contributed by atoms with Crippen LogP contribution in [0.25, 0.3) is 16.9 Å². The molecule has 3 aromatic carbocycles. The molecule has 0 unspecified atom stereocenters. The van der Waals surface area contributed by atoms with Crippen molar-refractivity contribution in [2.75, 3.05) is 11.9 Å². The first kappa shape index (κ1) is 19.7. The molecule has 0 aliphatic rings. The lowest BCUT2D eigenvalue weighted by molar-refractivity contribution is -0.118. The molecule has 30 heavy (non-hydrogen) atoms. The van der Waals surface area contributed by atoms with E-state index in [0.29, 0.717) is 22.3 Å². The Hall–Kier alpha value is -3.57. The highest BCUT2D eigenvalue weighted by Gasteiger charge is 2.14. The molecule has 0 radical (unpaired) electrons. The Kier molecular flexibility index (Phi) is 5.82. The molecule has 1 heterocycles. The summed E-state index contributed by atoms with van der Waals surface area (Å²) in [7, 11) is 0. The molecule has 4 rings (SSSR count). The first-order valence-electron chi connectivity index (χ1n) is 9.49. The van der Waals surface area contributed by atoms with Crippen molar-refractivity contribution in [2.24, 2.45) is 0 Å². The quantitative estimate of drug-likeness (QED) is 0.449. The molecule has 0 atom stereocenters. The van der Waals surface area contributed by atoms with Crippen molar-refractivity contribution in [2.45, 2.75) is 6.92 Å². The Balaban J connectivity index is 1.58. The molecule has 0 spiro atoms. The van der Waals surface area contributed by atoms with Gasteiger partial charge >= 0.3 is 0 Å². The van der Waals surface area contributed by atoms with Crippen LogP contribution in [0.5, 0.6) is 5.75 Å². The van der Waals surface area contributed by atoms with Crippen LogP contribution in [-0.2, 0) is 4.79 Å². The fourth-order valence-electron chi connectivity index (χ4n) is 3.06. The lowest BCUT2D eigenvalue weighted by Gasteiger charge is -2.10. The van der Waals surface area contributed by atoms with E-state index in [9.17, 15) is 4.79 Å². The third-order valence-electron chi connectivity index (χ3n) is 4.46. The van der Waals surface area contributed by atoms with Crippen LogP contribution in [0.4, 0.5) is 5.82 Å². The molecule has 1 amide bonds. The Bertz CT molecular complexity index is 1170. The summed E-state index contributed by atoms with van der Waals surface area (Å²) < 4.78 is 7.31. The van der Waals surface area contributed by atoms with Crippen molar-refractivity contribution in [3.05, 3.63) is 95.5 Å². The first-order valence-corrected chi connectivity index (χ1v) is 9.87. The number of nitrogens with one attached hydrogen (secondary N) is 1. The molecule has 0 bridgehead atoms. The van der Waals surface area contributed by atoms with Crippen LogP contribution in [0.2, 0.25) is 5.02 Å². The molecule has 4 aromatic rings. The summed E-state index contributed by atoms with van der Waals surface area (Å²) in [5.74, 6) is 0.932. The third-order valence-corrected chi connectivity index (χ3v) is 4.69. The summed E-state index contributed by atoms with van der Waals surface area (Å²) >= 11 is 6.13. The van der Waals surface area contributed by atoms with Crippen molar-refractivity contribution in [3.8, 4) is 22.7 Å². The van der Waals surface area contributed by atoms with Gasteiger partial charge in [-0.3, -0.25) is 4.79 Å². The van der Waals surface area contributed by atoms with Gasteiger partial charge in [0.1, 0.15) is 11.6 Å². The van der Waals surface area contributed by atoms with E-state index in [-0.39, 0.29) is 12.5 Å². The average molecular weight is 418 g/mol. The molecule has 150 valence electrons. The van der Waals surface area contributed by atoms with Gasteiger partial charge in [0.05, 0.1) is 11.4 Å². The van der Waals surface area contributed by atoms with Gasteiger partial charge in [0, 0.05) is 16.7 Å². The number of hydrogen-bond donors (Lipinski definition) is 1. The largest absolute Gasteiger partial charge is 0.484 e. The van der Waals surface area contributed by atoms with E-state index in [0.717, 1.165) is 16.8 Å². The lowest BCUT2D eigenvalue weighted by Crippen LogP contribution is -2.21. The summed E-state index contributed by atoms with van der Waals surface area (Å²) in [5.41, 5.74) is 3.47. The number of aromatic nitrogens is 2. The highest BCUT2D eigenvalue weighted by molar-refractivity contribution is 6.30. The van der Waals surface area contributed by atoms with Crippen LogP contribution in [0.1, 0.15) is 5.56 Å². The minimum absolute atomic E-state index is 0.101. The van der Waals surface area contributed by atoms with Crippen molar-refractivity contribution in [3.63, 3.8) is 0 Å². The number of benzene rings is 3. The van der Waals surface area contributed by atoms with Gasteiger partial charge in [0.2, 0.25) is 0 Å². The van der Waals surface area contributed by atoms with E-state index in [1.807, 2.05) is 91.9 Å². The summed E-state index contributed by atoms with van der Waals surface area (Å²) in [6.45, 7) is 1.87. The minimum atomic E-state index is -0.272. The van der Waals surface area contributed by atoms with Crippen molar-refractivity contribution in [1.82, 2.24) is 9.78 Å². The number of carbonyl (C=O) groups excluding carboxylic acids is 1. The van der Waals surface area contributed by atoms with E-state index in [4.69, 9.17) is 16.3 Å². The summed E-state index contributed by atoms with van der Waals surface area (Å²) in [6, 6.07) is 26.5. The SMILES string of the molecule is Cc1cccc(OCC(=O)Nc2cc(-c3cccc(Cl)c3)nn2-c2ccccc2)c1. The van der Waals surface area contributed by atoms with Gasteiger partial charge in [0.15, 0.2) is 6.61 Å². The highest BCUT2D eigenvalue weighted by atomic mass is 35.5. The second kappa shape index (κ2) is 8.84. The summed E-state index contributed by atoms with van der Waals surface area (Å²) in [5, 5.41) is 8.20. The monoisotopic (exact) mass is 417 g/mol. The molecule has 6 heteroatoms. The number of ether oxygens (including phenoxy) is 1. The van der Waals surface area contributed by atoms with E-state index in [1.54, 1.807) is 4.68 Å². The van der Waals surface area contributed by atoms with Crippen LogP contribution in [-0.4, -0.2) is 22.3 Å². The Labute approximate surface area is 179 Å². The van der Waals surface area contributed by atoms with Gasteiger partial charge in [-0.05, 0) is 48.9 Å². The Morgan fingerprint density at radius 3 is 2.57 bits per heavy atom. The predicted molar refractivity (Wildman–Crippen MR) is 119 cm³/mol. The van der Waals surface area contributed by atoms with Crippen molar-refractivity contribution < 1.29 is 9.53 Å². The van der Waals surface area contributed by atoms with Gasteiger partial charge in [-0.2, -0.15) is 5.10 Å². The van der Waals surface area contributed by atoms with Gasteiger partial charge in [-0.15, -0.1) is 0 Å². The standard InChI is InChI=1S/C24H20ClN3O2/c1-17-7-5-12-21(13-17)30-16-24(29)26-23-15-22(18-8-6-9-19(25)14-18)27-28(23)20-10-3-2-4-11-20/h2-15H,16H2,1H3,(H,26,29). The van der Waals surface area contributed by atoms with Gasteiger partial charge in [-0.1, -0.05) is 54.1 Å². The van der Waals surface area contributed by atoms with Crippen LogP contribution in [0.3, 0.4) is 0 Å². The fourth-order valence-corrected chi connectivity index (χ4v) is 3.25. The zero-order chi connectivity index (χ0) is 20.9. The number of amides is 1. The number of hydrogen-bond acceptors (Lipinski definition) is 3. The number of aryl methyl sites for hydroxylation is 1. The lowest BCUT2D eigenvalue weighted by atomic mass is 10.1. The van der Waals surface area contributed by atoms with Gasteiger partial charge in [0.25, 0.3) is 5.91 Å². The summed E-state index contributed by atoms with van der Waals surface area (Å²) in [6.07, 6.45) is 0. The molecule has 0 aliphatic carbocycles. The number of carbonyl (C=O) groups is 1. The summed E-state index contributed by atoms with van der Waals surface area (Å²) in [4.78, 5) is 12.6. The number of para-hydroxylation sites is 1. The van der Waals surface area contributed by atoms with Crippen LogP contribution >= 0.6 is 11.6 Å². The van der Waals surface area contributed by atoms with Crippen LogP contribution < -0.4 is 10.1 Å². The molecule has 0 aliphatic heterocycles. The second-order valence-electron chi connectivity index (χ2n) is 6.83. The van der Waals surface area contributed by atoms with Crippen LogP contribution in [0, 0.1) is 6.92 Å². The molecule has 5 nitrogen and oxygen atoms in total. The molecule has 0 fully saturated rings. The molecule has 1 N–H and O–H groups in total. The maximum Gasteiger partial charge on any atom is 0.263 e. The number of rotatable bonds is 6. The number of anilines is 1. The van der Waals surface area contributed by atoms with E-state index < -0.39 is 0 Å². The number of nitrogens with zero attached hydrogens (tertiary/aromatic N) is 2. The van der Waals surface area contributed by atoms with Gasteiger partial charge in [-0.25, -0.2) is 4.68 Å². The molecule has 1 aromatic heterocycles. The topological polar surface area (TPSA) is 56.1 Å².